The lowest BCUT2D eigenvalue weighted by Gasteiger charge is -2.16. The van der Waals surface area contributed by atoms with E-state index in [1.807, 2.05) is 6.07 Å². The molecule has 0 aliphatic rings. The number of aliphatic hydroxyl groups is 1. The van der Waals surface area contributed by atoms with Crippen LogP contribution < -0.4 is 0 Å². The van der Waals surface area contributed by atoms with Gasteiger partial charge in [-0.15, -0.1) is 0 Å². The first-order valence-corrected chi connectivity index (χ1v) is 6.16. The molecule has 0 aromatic heterocycles. The first-order valence-electron chi connectivity index (χ1n) is 4.70. The van der Waals surface area contributed by atoms with E-state index in [1.54, 1.807) is 24.3 Å². The van der Waals surface area contributed by atoms with Gasteiger partial charge in [-0.25, -0.2) is 4.57 Å². The summed E-state index contributed by atoms with van der Waals surface area (Å²) in [6.07, 6.45) is -0.861. The summed E-state index contributed by atoms with van der Waals surface area (Å²) >= 11 is 0. The Morgan fingerprint density at radius 1 is 1.25 bits per heavy atom. The quantitative estimate of drug-likeness (QED) is 0.779. The Kier molecular flexibility index (Phi) is 5.12. The molecule has 16 heavy (non-hydrogen) atoms. The SMILES string of the molecule is COP(=O)(OC)OCC(O)c1ccccc1. The Morgan fingerprint density at radius 2 is 1.81 bits per heavy atom. The Balaban J connectivity index is 2.53. The molecular formula is C10H15O5P. The zero-order chi connectivity index (χ0) is 12.0. The minimum Gasteiger partial charge on any atom is -0.386 e. The van der Waals surface area contributed by atoms with Crippen molar-refractivity contribution in [2.24, 2.45) is 0 Å². The van der Waals surface area contributed by atoms with E-state index in [4.69, 9.17) is 4.52 Å². The molecule has 90 valence electrons. The van der Waals surface area contributed by atoms with Crippen LogP contribution >= 0.6 is 7.82 Å². The molecule has 0 aliphatic heterocycles. The van der Waals surface area contributed by atoms with Gasteiger partial charge in [0.1, 0.15) is 6.10 Å². The van der Waals surface area contributed by atoms with Gasteiger partial charge in [0.25, 0.3) is 0 Å². The van der Waals surface area contributed by atoms with Crippen molar-refractivity contribution in [3.05, 3.63) is 35.9 Å². The van der Waals surface area contributed by atoms with Gasteiger partial charge in [0.15, 0.2) is 0 Å². The molecule has 1 rings (SSSR count). The van der Waals surface area contributed by atoms with Crippen molar-refractivity contribution in [1.82, 2.24) is 0 Å². The fourth-order valence-electron chi connectivity index (χ4n) is 1.11. The second-order valence-corrected chi connectivity index (χ2v) is 4.92. The van der Waals surface area contributed by atoms with Crippen molar-refractivity contribution in [3.8, 4) is 0 Å². The molecule has 6 heteroatoms. The predicted molar refractivity (Wildman–Crippen MR) is 59.0 cm³/mol. The largest absolute Gasteiger partial charge is 0.474 e. The van der Waals surface area contributed by atoms with Gasteiger partial charge in [-0.05, 0) is 5.56 Å². The van der Waals surface area contributed by atoms with E-state index in [9.17, 15) is 9.67 Å². The zero-order valence-corrected chi connectivity index (χ0v) is 10.1. The smallest absolute Gasteiger partial charge is 0.386 e. The van der Waals surface area contributed by atoms with E-state index in [1.165, 1.54) is 14.2 Å². The van der Waals surface area contributed by atoms with E-state index >= 15 is 0 Å². The van der Waals surface area contributed by atoms with Crippen LogP contribution in [0.2, 0.25) is 0 Å². The van der Waals surface area contributed by atoms with E-state index in [-0.39, 0.29) is 6.61 Å². The van der Waals surface area contributed by atoms with Crippen LogP contribution in [0.5, 0.6) is 0 Å². The Hall–Kier alpha value is -0.710. The summed E-state index contributed by atoms with van der Waals surface area (Å²) in [5, 5.41) is 9.72. The third-order valence-electron chi connectivity index (χ3n) is 2.02. The van der Waals surface area contributed by atoms with Gasteiger partial charge in [-0.2, -0.15) is 0 Å². The van der Waals surface area contributed by atoms with Gasteiger partial charge in [-0.3, -0.25) is 13.6 Å². The van der Waals surface area contributed by atoms with Crippen LogP contribution in [0.15, 0.2) is 30.3 Å². The van der Waals surface area contributed by atoms with Gasteiger partial charge in [0.2, 0.25) is 0 Å². The average molecular weight is 246 g/mol. The van der Waals surface area contributed by atoms with Gasteiger partial charge < -0.3 is 5.11 Å². The third kappa shape index (κ3) is 3.70. The molecule has 1 N–H and O–H groups in total. The highest BCUT2D eigenvalue weighted by Gasteiger charge is 2.24. The molecule has 0 aliphatic carbocycles. The Labute approximate surface area is 94.6 Å². The number of phosphoric acid groups is 1. The van der Waals surface area contributed by atoms with Crippen LogP contribution in [-0.4, -0.2) is 25.9 Å². The van der Waals surface area contributed by atoms with Crippen LogP contribution in [0.1, 0.15) is 11.7 Å². The molecule has 1 aromatic carbocycles. The number of benzene rings is 1. The monoisotopic (exact) mass is 246 g/mol. The van der Waals surface area contributed by atoms with E-state index in [2.05, 4.69) is 9.05 Å². The summed E-state index contributed by atoms with van der Waals surface area (Å²) in [5.41, 5.74) is 0.682. The molecule has 0 fully saturated rings. The summed E-state index contributed by atoms with van der Waals surface area (Å²) in [5.74, 6) is 0. The molecule has 5 nitrogen and oxygen atoms in total. The standard InChI is InChI=1S/C10H15O5P/c1-13-16(12,14-2)15-8-10(11)9-6-4-3-5-7-9/h3-7,10-11H,8H2,1-2H3. The first kappa shape index (κ1) is 13.4. The van der Waals surface area contributed by atoms with Gasteiger partial charge in [0, 0.05) is 14.2 Å². The normalized spacial score (nSPS) is 13.7. The van der Waals surface area contributed by atoms with Gasteiger partial charge >= 0.3 is 7.82 Å². The first-order chi connectivity index (χ1) is 7.61. The molecule has 1 atom stereocenters. The maximum Gasteiger partial charge on any atom is 0.474 e. The second-order valence-electron chi connectivity index (χ2n) is 3.03. The third-order valence-corrected chi connectivity index (χ3v) is 3.38. The predicted octanol–water partition coefficient (Wildman–Crippen LogP) is 2.14. The lowest BCUT2D eigenvalue weighted by molar-refractivity contribution is 0.0733. The molecule has 0 spiro atoms. The average Bonchev–Trinajstić information content (AvgIpc) is 2.36. The number of phosphoric ester groups is 1. The number of rotatable bonds is 6. The van der Waals surface area contributed by atoms with Crippen LogP contribution in [0, 0.1) is 0 Å². The molecule has 0 saturated heterocycles. The summed E-state index contributed by atoms with van der Waals surface area (Å²) in [6, 6.07) is 8.93. The summed E-state index contributed by atoms with van der Waals surface area (Å²) < 4.78 is 25.6. The summed E-state index contributed by atoms with van der Waals surface area (Å²) in [4.78, 5) is 0. The molecular weight excluding hydrogens is 231 g/mol. The molecule has 0 heterocycles. The molecule has 0 bridgehead atoms. The summed E-state index contributed by atoms with van der Waals surface area (Å²) in [6.45, 7) is -0.150. The minimum absolute atomic E-state index is 0.150. The molecule has 0 amide bonds. The molecule has 0 saturated carbocycles. The van der Waals surface area contributed by atoms with Crippen LogP contribution in [-0.2, 0) is 18.1 Å². The topological polar surface area (TPSA) is 65.0 Å². The zero-order valence-electron chi connectivity index (χ0n) is 9.20. The maximum atomic E-state index is 11.5. The molecule has 1 aromatic rings. The fraction of sp³-hybridized carbons (Fsp3) is 0.400. The number of hydrogen-bond acceptors (Lipinski definition) is 5. The van der Waals surface area contributed by atoms with Crippen molar-refractivity contribution in [2.45, 2.75) is 6.10 Å². The Morgan fingerprint density at radius 3 is 2.31 bits per heavy atom. The lowest BCUT2D eigenvalue weighted by atomic mass is 10.1. The van der Waals surface area contributed by atoms with Crippen LogP contribution in [0.25, 0.3) is 0 Å². The molecule has 1 unspecified atom stereocenters. The highest BCUT2D eigenvalue weighted by molar-refractivity contribution is 7.48. The Bertz CT molecular complexity index is 345. The van der Waals surface area contributed by atoms with Gasteiger partial charge in [0.05, 0.1) is 6.61 Å². The van der Waals surface area contributed by atoms with Gasteiger partial charge in [-0.1, -0.05) is 30.3 Å². The minimum atomic E-state index is -3.52. The van der Waals surface area contributed by atoms with Crippen molar-refractivity contribution in [1.29, 1.82) is 0 Å². The second kappa shape index (κ2) is 6.13. The van der Waals surface area contributed by atoms with Crippen molar-refractivity contribution >= 4 is 7.82 Å². The number of hydrogen-bond donors (Lipinski definition) is 1. The van der Waals surface area contributed by atoms with Crippen LogP contribution in [0.3, 0.4) is 0 Å². The van der Waals surface area contributed by atoms with Crippen molar-refractivity contribution in [2.75, 3.05) is 20.8 Å². The molecule has 0 radical (unpaired) electrons. The van der Waals surface area contributed by atoms with Crippen molar-refractivity contribution < 1.29 is 23.2 Å². The van der Waals surface area contributed by atoms with E-state index in [0.29, 0.717) is 5.56 Å². The highest BCUT2D eigenvalue weighted by Crippen LogP contribution is 2.48. The van der Waals surface area contributed by atoms with E-state index in [0.717, 1.165) is 0 Å². The highest BCUT2D eigenvalue weighted by atomic mass is 31.2. The fourth-order valence-corrected chi connectivity index (χ4v) is 1.80. The van der Waals surface area contributed by atoms with Crippen LogP contribution in [0.4, 0.5) is 0 Å². The van der Waals surface area contributed by atoms with E-state index < -0.39 is 13.9 Å². The van der Waals surface area contributed by atoms with Crippen molar-refractivity contribution in [3.63, 3.8) is 0 Å². The summed E-state index contributed by atoms with van der Waals surface area (Å²) in [7, 11) is -1.07. The number of aliphatic hydroxyl groups excluding tert-OH is 1. The lowest BCUT2D eigenvalue weighted by Crippen LogP contribution is -2.07. The maximum absolute atomic E-state index is 11.5.